The third kappa shape index (κ3) is 4.54. The molecule has 0 aromatic heterocycles. The van der Waals surface area contributed by atoms with E-state index in [1.54, 1.807) is 0 Å². The molecule has 1 fully saturated rings. The molecule has 2 heteroatoms. The molecule has 2 nitrogen and oxygen atoms in total. The molecular formula is C17H27NO. The van der Waals surface area contributed by atoms with Gasteiger partial charge in [0.25, 0.3) is 0 Å². The van der Waals surface area contributed by atoms with E-state index in [2.05, 4.69) is 36.5 Å². The van der Waals surface area contributed by atoms with E-state index in [9.17, 15) is 5.11 Å². The second-order valence-electron chi connectivity index (χ2n) is 5.94. The number of hydrogen-bond acceptors (Lipinski definition) is 2. The van der Waals surface area contributed by atoms with Gasteiger partial charge in [-0.1, -0.05) is 44.7 Å². The Kier molecular flexibility index (Phi) is 5.26. The van der Waals surface area contributed by atoms with Crippen LogP contribution in [0.2, 0.25) is 0 Å². The number of benzene rings is 1. The highest BCUT2D eigenvalue weighted by atomic mass is 16.3. The minimum absolute atomic E-state index is 0.487. The molecule has 0 bridgehead atoms. The summed E-state index contributed by atoms with van der Waals surface area (Å²) in [6.07, 6.45) is 9.14. The smallest absolute Gasteiger partial charge is 0.0819 e. The highest BCUT2D eigenvalue weighted by Gasteiger charge is 2.28. The summed E-state index contributed by atoms with van der Waals surface area (Å²) >= 11 is 0. The molecule has 0 atom stereocenters. The molecule has 2 N–H and O–H groups in total. The molecule has 1 saturated carbocycles. The molecular weight excluding hydrogens is 234 g/mol. The first-order valence-electron chi connectivity index (χ1n) is 7.77. The largest absolute Gasteiger partial charge is 0.388 e. The SMILES string of the molecule is CCCCc1ccc(NCC2(O)CCCCC2)cc1. The summed E-state index contributed by atoms with van der Waals surface area (Å²) < 4.78 is 0. The maximum Gasteiger partial charge on any atom is 0.0819 e. The summed E-state index contributed by atoms with van der Waals surface area (Å²) in [6.45, 7) is 2.90. The summed E-state index contributed by atoms with van der Waals surface area (Å²) in [5, 5.41) is 13.8. The molecule has 0 unspecified atom stereocenters. The highest BCUT2D eigenvalue weighted by Crippen LogP contribution is 2.28. The average Bonchev–Trinajstić information content (AvgIpc) is 2.45. The number of unbranched alkanes of at least 4 members (excludes halogenated alkanes) is 1. The fourth-order valence-electron chi connectivity index (χ4n) is 2.82. The number of rotatable bonds is 6. The first-order valence-corrected chi connectivity index (χ1v) is 7.77. The van der Waals surface area contributed by atoms with Gasteiger partial charge in [-0.3, -0.25) is 0 Å². The van der Waals surface area contributed by atoms with Gasteiger partial charge in [-0.05, 0) is 43.4 Å². The number of anilines is 1. The molecule has 1 aromatic rings. The molecule has 1 aromatic carbocycles. The van der Waals surface area contributed by atoms with Crippen LogP contribution in [0.15, 0.2) is 24.3 Å². The van der Waals surface area contributed by atoms with Crippen molar-refractivity contribution in [3.63, 3.8) is 0 Å². The lowest BCUT2D eigenvalue weighted by Gasteiger charge is -2.32. The summed E-state index contributed by atoms with van der Waals surface area (Å²) in [5.41, 5.74) is 2.04. The van der Waals surface area contributed by atoms with Crippen LogP contribution in [0.5, 0.6) is 0 Å². The standard InChI is InChI=1S/C17H27NO/c1-2-3-7-15-8-10-16(11-9-15)18-14-17(19)12-5-4-6-13-17/h8-11,18-19H,2-7,12-14H2,1H3. The molecule has 0 aliphatic heterocycles. The van der Waals surface area contributed by atoms with Crippen LogP contribution < -0.4 is 5.32 Å². The van der Waals surface area contributed by atoms with Crippen LogP contribution in [0.25, 0.3) is 0 Å². The van der Waals surface area contributed by atoms with E-state index in [4.69, 9.17) is 0 Å². The molecule has 1 aliphatic carbocycles. The zero-order valence-corrected chi connectivity index (χ0v) is 12.1. The van der Waals surface area contributed by atoms with Gasteiger partial charge in [0, 0.05) is 12.2 Å². The summed E-state index contributed by atoms with van der Waals surface area (Å²) in [6, 6.07) is 8.67. The van der Waals surface area contributed by atoms with Crippen molar-refractivity contribution < 1.29 is 5.11 Å². The molecule has 106 valence electrons. The van der Waals surface area contributed by atoms with Crippen molar-refractivity contribution in [1.29, 1.82) is 0 Å². The van der Waals surface area contributed by atoms with E-state index in [0.717, 1.165) is 31.4 Å². The van der Waals surface area contributed by atoms with Crippen molar-refractivity contribution in [2.75, 3.05) is 11.9 Å². The molecule has 0 amide bonds. The Balaban J connectivity index is 1.82. The molecule has 0 saturated heterocycles. The van der Waals surface area contributed by atoms with Gasteiger partial charge in [0.05, 0.1) is 5.60 Å². The normalized spacial score (nSPS) is 18.2. The Hall–Kier alpha value is -1.02. The predicted octanol–water partition coefficient (Wildman–Crippen LogP) is 4.14. The molecule has 0 radical (unpaired) electrons. The van der Waals surface area contributed by atoms with Gasteiger partial charge in [-0.15, -0.1) is 0 Å². The third-order valence-electron chi connectivity index (χ3n) is 4.18. The molecule has 2 rings (SSSR count). The quantitative estimate of drug-likeness (QED) is 0.806. The van der Waals surface area contributed by atoms with E-state index in [1.165, 1.54) is 31.2 Å². The van der Waals surface area contributed by atoms with Crippen molar-refractivity contribution in [2.24, 2.45) is 0 Å². The Bertz CT molecular complexity index is 365. The van der Waals surface area contributed by atoms with Crippen LogP contribution >= 0.6 is 0 Å². The highest BCUT2D eigenvalue weighted by molar-refractivity contribution is 5.45. The first kappa shape index (κ1) is 14.4. The maximum absolute atomic E-state index is 10.4. The van der Waals surface area contributed by atoms with Crippen molar-refractivity contribution in [3.8, 4) is 0 Å². The molecule has 1 aliphatic rings. The summed E-state index contributed by atoms with van der Waals surface area (Å²) in [7, 11) is 0. The van der Waals surface area contributed by atoms with E-state index < -0.39 is 5.60 Å². The average molecular weight is 261 g/mol. The van der Waals surface area contributed by atoms with E-state index in [0.29, 0.717) is 6.54 Å². The minimum atomic E-state index is -0.487. The fraction of sp³-hybridized carbons (Fsp3) is 0.647. The van der Waals surface area contributed by atoms with Gasteiger partial charge in [-0.2, -0.15) is 0 Å². The van der Waals surface area contributed by atoms with Crippen molar-refractivity contribution >= 4 is 5.69 Å². The van der Waals surface area contributed by atoms with Crippen LogP contribution in [0.4, 0.5) is 5.69 Å². The molecule has 0 heterocycles. The Labute approximate surface area is 117 Å². The lowest BCUT2D eigenvalue weighted by atomic mass is 9.85. The van der Waals surface area contributed by atoms with Gasteiger partial charge < -0.3 is 10.4 Å². The zero-order valence-electron chi connectivity index (χ0n) is 12.1. The number of nitrogens with one attached hydrogen (secondary N) is 1. The second-order valence-corrected chi connectivity index (χ2v) is 5.94. The first-order chi connectivity index (χ1) is 9.22. The number of aliphatic hydroxyl groups is 1. The van der Waals surface area contributed by atoms with Crippen LogP contribution in [0.1, 0.15) is 57.4 Å². The molecule has 0 spiro atoms. The van der Waals surface area contributed by atoms with Crippen LogP contribution in [-0.2, 0) is 6.42 Å². The van der Waals surface area contributed by atoms with Gasteiger partial charge in [0.1, 0.15) is 0 Å². The van der Waals surface area contributed by atoms with Crippen molar-refractivity contribution in [1.82, 2.24) is 0 Å². The number of aryl methyl sites for hydroxylation is 1. The van der Waals surface area contributed by atoms with Crippen molar-refractivity contribution in [3.05, 3.63) is 29.8 Å². The van der Waals surface area contributed by atoms with Gasteiger partial charge >= 0.3 is 0 Å². The lowest BCUT2D eigenvalue weighted by molar-refractivity contribution is 0.0167. The van der Waals surface area contributed by atoms with Gasteiger partial charge in [0.2, 0.25) is 0 Å². The minimum Gasteiger partial charge on any atom is -0.388 e. The van der Waals surface area contributed by atoms with E-state index >= 15 is 0 Å². The Morgan fingerprint density at radius 2 is 1.79 bits per heavy atom. The second kappa shape index (κ2) is 6.95. The topological polar surface area (TPSA) is 32.3 Å². The maximum atomic E-state index is 10.4. The monoisotopic (exact) mass is 261 g/mol. The third-order valence-corrected chi connectivity index (χ3v) is 4.18. The lowest BCUT2D eigenvalue weighted by Crippen LogP contribution is -2.38. The Morgan fingerprint density at radius 3 is 2.42 bits per heavy atom. The fourth-order valence-corrected chi connectivity index (χ4v) is 2.82. The van der Waals surface area contributed by atoms with Crippen molar-refractivity contribution in [2.45, 2.75) is 63.9 Å². The van der Waals surface area contributed by atoms with Crippen LogP contribution in [0.3, 0.4) is 0 Å². The van der Waals surface area contributed by atoms with E-state index in [1.807, 2.05) is 0 Å². The zero-order chi connectivity index (χ0) is 13.6. The van der Waals surface area contributed by atoms with E-state index in [-0.39, 0.29) is 0 Å². The summed E-state index contributed by atoms with van der Waals surface area (Å²) in [4.78, 5) is 0. The van der Waals surface area contributed by atoms with Crippen LogP contribution in [0, 0.1) is 0 Å². The summed E-state index contributed by atoms with van der Waals surface area (Å²) in [5.74, 6) is 0. The van der Waals surface area contributed by atoms with Gasteiger partial charge in [0.15, 0.2) is 0 Å². The Morgan fingerprint density at radius 1 is 1.11 bits per heavy atom. The predicted molar refractivity (Wildman–Crippen MR) is 81.6 cm³/mol. The molecule has 19 heavy (non-hydrogen) atoms. The van der Waals surface area contributed by atoms with Gasteiger partial charge in [-0.25, -0.2) is 0 Å². The van der Waals surface area contributed by atoms with Crippen LogP contribution in [-0.4, -0.2) is 17.3 Å². The number of hydrogen-bond donors (Lipinski definition) is 2.